The molecule has 1 aromatic carbocycles. The Morgan fingerprint density at radius 2 is 1.84 bits per heavy atom. The lowest BCUT2D eigenvalue weighted by molar-refractivity contribution is 0.414. The van der Waals surface area contributed by atoms with E-state index in [4.69, 9.17) is 4.74 Å². The standard InChI is InChI=1S/C19H21N5O/c1-25-17-6-4-15(5-7-17)8-11-21-18-9-12-22-19(24-18)23-14-16-3-2-10-20-13-16/h2-7,9-10,12-13H,8,11,14H2,1H3,(H2,21,22,23,24). The van der Waals surface area contributed by atoms with Crippen molar-refractivity contribution in [3.8, 4) is 5.75 Å². The van der Waals surface area contributed by atoms with E-state index in [1.807, 2.05) is 36.5 Å². The third-order valence-electron chi connectivity index (χ3n) is 3.71. The minimum absolute atomic E-state index is 0.596. The number of methoxy groups -OCH3 is 1. The maximum atomic E-state index is 5.17. The molecule has 0 aliphatic carbocycles. The molecule has 0 atom stereocenters. The Hall–Kier alpha value is -3.15. The van der Waals surface area contributed by atoms with Gasteiger partial charge in [-0.3, -0.25) is 4.98 Å². The monoisotopic (exact) mass is 335 g/mol. The highest BCUT2D eigenvalue weighted by atomic mass is 16.5. The summed E-state index contributed by atoms with van der Waals surface area (Å²) >= 11 is 0. The predicted molar refractivity (Wildman–Crippen MR) is 98.8 cm³/mol. The van der Waals surface area contributed by atoms with Crippen LogP contribution in [0, 0.1) is 0 Å². The highest BCUT2D eigenvalue weighted by molar-refractivity contribution is 5.40. The summed E-state index contributed by atoms with van der Waals surface area (Å²) < 4.78 is 5.17. The normalized spacial score (nSPS) is 10.3. The van der Waals surface area contributed by atoms with Crippen molar-refractivity contribution in [2.24, 2.45) is 0 Å². The van der Waals surface area contributed by atoms with Crippen LogP contribution in [0.5, 0.6) is 5.75 Å². The summed E-state index contributed by atoms with van der Waals surface area (Å²) in [5.41, 5.74) is 2.33. The molecule has 0 aliphatic rings. The summed E-state index contributed by atoms with van der Waals surface area (Å²) in [4.78, 5) is 12.8. The van der Waals surface area contributed by atoms with Crippen molar-refractivity contribution in [1.82, 2.24) is 15.0 Å². The highest BCUT2D eigenvalue weighted by Crippen LogP contribution is 2.12. The second kappa shape index (κ2) is 8.63. The number of nitrogens with one attached hydrogen (secondary N) is 2. The summed E-state index contributed by atoms with van der Waals surface area (Å²) in [5, 5.41) is 6.53. The Balaban J connectivity index is 1.49. The van der Waals surface area contributed by atoms with Gasteiger partial charge in [-0.05, 0) is 41.8 Å². The lowest BCUT2D eigenvalue weighted by Gasteiger charge is -2.09. The molecule has 2 heterocycles. The first-order valence-corrected chi connectivity index (χ1v) is 8.16. The van der Waals surface area contributed by atoms with Crippen LogP contribution in [0.3, 0.4) is 0 Å². The van der Waals surface area contributed by atoms with Gasteiger partial charge >= 0.3 is 0 Å². The molecule has 6 nitrogen and oxygen atoms in total. The summed E-state index contributed by atoms with van der Waals surface area (Å²) in [7, 11) is 1.67. The molecule has 3 rings (SSSR count). The molecule has 0 fully saturated rings. The Morgan fingerprint density at radius 3 is 2.60 bits per heavy atom. The maximum absolute atomic E-state index is 5.17. The van der Waals surface area contributed by atoms with Crippen LogP contribution in [-0.2, 0) is 13.0 Å². The van der Waals surface area contributed by atoms with Gasteiger partial charge in [-0.1, -0.05) is 18.2 Å². The highest BCUT2D eigenvalue weighted by Gasteiger charge is 2.00. The van der Waals surface area contributed by atoms with E-state index in [9.17, 15) is 0 Å². The third kappa shape index (κ3) is 5.17. The summed E-state index contributed by atoms with van der Waals surface area (Å²) in [5.74, 6) is 2.27. The lowest BCUT2D eigenvalue weighted by Crippen LogP contribution is -2.09. The van der Waals surface area contributed by atoms with Gasteiger partial charge in [-0.15, -0.1) is 0 Å². The van der Waals surface area contributed by atoms with E-state index in [1.165, 1.54) is 5.56 Å². The van der Waals surface area contributed by atoms with Gasteiger partial charge in [-0.2, -0.15) is 4.98 Å². The molecule has 0 unspecified atom stereocenters. The van der Waals surface area contributed by atoms with Crippen LogP contribution in [0.2, 0.25) is 0 Å². The van der Waals surface area contributed by atoms with Crippen molar-refractivity contribution in [3.05, 3.63) is 72.2 Å². The quantitative estimate of drug-likeness (QED) is 0.659. The summed E-state index contributed by atoms with van der Waals surface area (Å²) in [6.45, 7) is 1.44. The Kier molecular flexibility index (Phi) is 5.77. The summed E-state index contributed by atoms with van der Waals surface area (Å²) in [6, 6.07) is 13.9. The Bertz CT molecular complexity index is 777. The second-order valence-corrected chi connectivity index (χ2v) is 5.51. The van der Waals surface area contributed by atoms with Crippen LogP contribution in [-0.4, -0.2) is 28.6 Å². The van der Waals surface area contributed by atoms with Crippen molar-refractivity contribution in [2.75, 3.05) is 24.3 Å². The van der Waals surface area contributed by atoms with Crippen molar-refractivity contribution < 1.29 is 4.74 Å². The third-order valence-corrected chi connectivity index (χ3v) is 3.71. The SMILES string of the molecule is COc1ccc(CCNc2ccnc(NCc3cccnc3)n2)cc1. The molecule has 0 bridgehead atoms. The van der Waals surface area contributed by atoms with Crippen LogP contribution < -0.4 is 15.4 Å². The number of hydrogen-bond acceptors (Lipinski definition) is 6. The molecule has 25 heavy (non-hydrogen) atoms. The summed E-state index contributed by atoms with van der Waals surface area (Å²) in [6.07, 6.45) is 6.23. The van der Waals surface area contributed by atoms with Crippen LogP contribution in [0.4, 0.5) is 11.8 Å². The van der Waals surface area contributed by atoms with E-state index in [-0.39, 0.29) is 0 Å². The first-order chi connectivity index (χ1) is 12.3. The zero-order valence-corrected chi connectivity index (χ0v) is 14.1. The van der Waals surface area contributed by atoms with E-state index in [1.54, 1.807) is 19.5 Å². The fourth-order valence-electron chi connectivity index (χ4n) is 2.35. The smallest absolute Gasteiger partial charge is 0.224 e. The largest absolute Gasteiger partial charge is 0.497 e. The number of pyridine rings is 1. The van der Waals surface area contributed by atoms with E-state index in [0.717, 1.165) is 30.1 Å². The van der Waals surface area contributed by atoms with Gasteiger partial charge in [0.1, 0.15) is 11.6 Å². The number of anilines is 2. The lowest BCUT2D eigenvalue weighted by atomic mass is 10.1. The van der Waals surface area contributed by atoms with E-state index in [2.05, 4.69) is 37.7 Å². The first kappa shape index (κ1) is 16.7. The molecule has 3 aromatic rings. The minimum Gasteiger partial charge on any atom is -0.497 e. The molecular formula is C19H21N5O. The van der Waals surface area contributed by atoms with Crippen molar-refractivity contribution >= 4 is 11.8 Å². The van der Waals surface area contributed by atoms with Gasteiger partial charge in [0.2, 0.25) is 5.95 Å². The zero-order chi connectivity index (χ0) is 17.3. The molecular weight excluding hydrogens is 314 g/mol. The number of rotatable bonds is 8. The van der Waals surface area contributed by atoms with Gasteiger partial charge in [0.15, 0.2) is 0 Å². The first-order valence-electron chi connectivity index (χ1n) is 8.16. The molecule has 2 N–H and O–H groups in total. The van der Waals surface area contributed by atoms with Gasteiger partial charge < -0.3 is 15.4 Å². The van der Waals surface area contributed by atoms with Gasteiger partial charge in [0, 0.05) is 31.7 Å². The van der Waals surface area contributed by atoms with Gasteiger partial charge in [-0.25, -0.2) is 4.98 Å². The van der Waals surface area contributed by atoms with Crippen molar-refractivity contribution in [3.63, 3.8) is 0 Å². The van der Waals surface area contributed by atoms with E-state index < -0.39 is 0 Å². The number of hydrogen-bond donors (Lipinski definition) is 2. The van der Waals surface area contributed by atoms with Crippen LogP contribution in [0.15, 0.2) is 61.1 Å². The van der Waals surface area contributed by atoms with Crippen LogP contribution in [0.1, 0.15) is 11.1 Å². The molecule has 0 spiro atoms. The number of aromatic nitrogens is 3. The fraction of sp³-hybridized carbons (Fsp3) is 0.211. The number of ether oxygens (including phenoxy) is 1. The maximum Gasteiger partial charge on any atom is 0.224 e. The Morgan fingerprint density at radius 1 is 0.960 bits per heavy atom. The van der Waals surface area contributed by atoms with Gasteiger partial charge in [0.05, 0.1) is 7.11 Å². The average Bonchev–Trinajstić information content (AvgIpc) is 2.68. The van der Waals surface area contributed by atoms with Crippen LogP contribution >= 0.6 is 0 Å². The molecule has 0 radical (unpaired) electrons. The molecule has 128 valence electrons. The van der Waals surface area contributed by atoms with E-state index in [0.29, 0.717) is 12.5 Å². The average molecular weight is 335 g/mol. The predicted octanol–water partition coefficient (Wildman–Crippen LogP) is 3.15. The molecule has 0 amide bonds. The van der Waals surface area contributed by atoms with E-state index >= 15 is 0 Å². The van der Waals surface area contributed by atoms with Crippen molar-refractivity contribution in [2.45, 2.75) is 13.0 Å². The zero-order valence-electron chi connectivity index (χ0n) is 14.1. The minimum atomic E-state index is 0.596. The molecule has 0 aliphatic heterocycles. The molecule has 6 heteroatoms. The number of benzene rings is 1. The molecule has 0 saturated carbocycles. The second-order valence-electron chi connectivity index (χ2n) is 5.51. The topological polar surface area (TPSA) is 72.0 Å². The fourth-order valence-corrected chi connectivity index (χ4v) is 2.35. The molecule has 2 aromatic heterocycles. The molecule has 0 saturated heterocycles. The number of nitrogens with zero attached hydrogens (tertiary/aromatic N) is 3. The van der Waals surface area contributed by atoms with Crippen molar-refractivity contribution in [1.29, 1.82) is 0 Å². The Labute approximate surface area is 147 Å². The van der Waals surface area contributed by atoms with Crippen LogP contribution in [0.25, 0.3) is 0 Å². The van der Waals surface area contributed by atoms with Gasteiger partial charge in [0.25, 0.3) is 0 Å².